The molecule has 2 N–H and O–H groups in total. The van der Waals surface area contributed by atoms with Gasteiger partial charge >= 0.3 is 0 Å². The SMILES string of the molecule is CC1(CNCc2ccc[nH]2)CCCO1. The molecule has 3 nitrogen and oxygen atoms in total. The van der Waals surface area contributed by atoms with E-state index in [4.69, 9.17) is 4.74 Å². The summed E-state index contributed by atoms with van der Waals surface area (Å²) in [6.45, 7) is 4.93. The molecule has 1 aromatic heterocycles. The van der Waals surface area contributed by atoms with Gasteiger partial charge in [0.1, 0.15) is 0 Å². The van der Waals surface area contributed by atoms with Crippen molar-refractivity contribution in [3.8, 4) is 0 Å². The summed E-state index contributed by atoms with van der Waals surface area (Å²) in [4.78, 5) is 3.17. The van der Waals surface area contributed by atoms with Gasteiger partial charge < -0.3 is 15.0 Å². The lowest BCUT2D eigenvalue weighted by atomic mass is 10.0. The van der Waals surface area contributed by atoms with Crippen molar-refractivity contribution in [3.63, 3.8) is 0 Å². The van der Waals surface area contributed by atoms with Crippen LogP contribution in [0.15, 0.2) is 18.3 Å². The predicted octanol–water partition coefficient (Wildman–Crippen LogP) is 1.67. The lowest BCUT2D eigenvalue weighted by Crippen LogP contribution is -2.36. The van der Waals surface area contributed by atoms with Crippen LogP contribution in [0.1, 0.15) is 25.5 Å². The zero-order chi connectivity index (χ0) is 9.86. The Labute approximate surface area is 84.9 Å². The molecule has 1 aliphatic rings. The third kappa shape index (κ3) is 2.36. The van der Waals surface area contributed by atoms with Crippen LogP contribution in [0.25, 0.3) is 0 Å². The predicted molar refractivity (Wildman–Crippen MR) is 56.1 cm³/mol. The summed E-state index contributed by atoms with van der Waals surface area (Å²) in [6.07, 6.45) is 4.32. The standard InChI is InChI=1S/C11H18N2O/c1-11(5-3-7-14-11)9-12-8-10-4-2-6-13-10/h2,4,6,12-13H,3,5,7-9H2,1H3. The molecule has 3 heteroatoms. The van der Waals surface area contributed by atoms with Crippen molar-refractivity contribution in [2.45, 2.75) is 31.9 Å². The molecule has 1 unspecified atom stereocenters. The van der Waals surface area contributed by atoms with Gasteiger partial charge in [-0.3, -0.25) is 0 Å². The van der Waals surface area contributed by atoms with Crippen molar-refractivity contribution < 1.29 is 4.74 Å². The Bertz CT molecular complexity index is 263. The third-order valence-corrected chi connectivity index (χ3v) is 2.78. The molecule has 1 aromatic rings. The summed E-state index contributed by atoms with van der Waals surface area (Å²) in [5.74, 6) is 0. The summed E-state index contributed by atoms with van der Waals surface area (Å²) in [7, 11) is 0. The van der Waals surface area contributed by atoms with E-state index in [2.05, 4.69) is 23.3 Å². The zero-order valence-electron chi connectivity index (χ0n) is 8.68. The van der Waals surface area contributed by atoms with Crippen LogP contribution >= 0.6 is 0 Å². The van der Waals surface area contributed by atoms with Gasteiger partial charge in [-0.1, -0.05) is 0 Å². The molecular weight excluding hydrogens is 176 g/mol. The Hall–Kier alpha value is -0.800. The fourth-order valence-corrected chi connectivity index (χ4v) is 1.92. The maximum Gasteiger partial charge on any atom is 0.0779 e. The number of H-pyrrole nitrogens is 1. The van der Waals surface area contributed by atoms with Crippen LogP contribution in [0.4, 0.5) is 0 Å². The fourth-order valence-electron chi connectivity index (χ4n) is 1.92. The molecule has 2 rings (SSSR count). The molecule has 0 aliphatic carbocycles. The maximum absolute atomic E-state index is 5.69. The average Bonchev–Trinajstić information content (AvgIpc) is 2.77. The smallest absolute Gasteiger partial charge is 0.0779 e. The molecule has 1 saturated heterocycles. The minimum Gasteiger partial charge on any atom is -0.374 e. The minimum atomic E-state index is 0.0621. The van der Waals surface area contributed by atoms with Crippen molar-refractivity contribution >= 4 is 0 Å². The lowest BCUT2D eigenvalue weighted by Gasteiger charge is -2.23. The first-order valence-corrected chi connectivity index (χ1v) is 5.25. The molecular formula is C11H18N2O. The molecule has 0 amide bonds. The van der Waals surface area contributed by atoms with Crippen LogP contribution in [-0.4, -0.2) is 23.7 Å². The number of ether oxygens (including phenoxy) is 1. The van der Waals surface area contributed by atoms with Crippen molar-refractivity contribution in [3.05, 3.63) is 24.0 Å². The minimum absolute atomic E-state index is 0.0621. The summed E-state index contributed by atoms with van der Waals surface area (Å²) >= 11 is 0. The Morgan fingerprint density at radius 2 is 2.57 bits per heavy atom. The average molecular weight is 194 g/mol. The van der Waals surface area contributed by atoms with E-state index in [1.807, 2.05) is 12.3 Å². The Balaban J connectivity index is 1.72. The number of hydrogen-bond donors (Lipinski definition) is 2. The van der Waals surface area contributed by atoms with Gasteiger partial charge in [0.2, 0.25) is 0 Å². The highest BCUT2D eigenvalue weighted by atomic mass is 16.5. The van der Waals surface area contributed by atoms with Gasteiger partial charge in [0.15, 0.2) is 0 Å². The molecule has 2 heterocycles. The van der Waals surface area contributed by atoms with Crippen LogP contribution < -0.4 is 5.32 Å². The van der Waals surface area contributed by atoms with E-state index < -0.39 is 0 Å². The summed E-state index contributed by atoms with van der Waals surface area (Å²) in [6, 6.07) is 4.11. The van der Waals surface area contributed by atoms with Crippen molar-refractivity contribution in [2.24, 2.45) is 0 Å². The summed E-state index contributed by atoms with van der Waals surface area (Å²) in [5.41, 5.74) is 1.29. The fraction of sp³-hybridized carbons (Fsp3) is 0.636. The van der Waals surface area contributed by atoms with Gasteiger partial charge in [0.05, 0.1) is 5.60 Å². The van der Waals surface area contributed by atoms with Gasteiger partial charge in [-0.05, 0) is 31.9 Å². The zero-order valence-corrected chi connectivity index (χ0v) is 8.68. The highest BCUT2D eigenvalue weighted by Gasteiger charge is 2.28. The van der Waals surface area contributed by atoms with Crippen LogP contribution in [-0.2, 0) is 11.3 Å². The van der Waals surface area contributed by atoms with E-state index in [1.165, 1.54) is 18.5 Å². The molecule has 1 aliphatic heterocycles. The van der Waals surface area contributed by atoms with Crippen LogP contribution in [0, 0.1) is 0 Å². The van der Waals surface area contributed by atoms with Gasteiger partial charge in [-0.15, -0.1) is 0 Å². The molecule has 0 spiro atoms. The molecule has 14 heavy (non-hydrogen) atoms. The van der Waals surface area contributed by atoms with E-state index in [0.29, 0.717) is 0 Å². The third-order valence-electron chi connectivity index (χ3n) is 2.78. The van der Waals surface area contributed by atoms with Gasteiger partial charge in [-0.2, -0.15) is 0 Å². The number of rotatable bonds is 4. The van der Waals surface area contributed by atoms with Crippen molar-refractivity contribution in [1.82, 2.24) is 10.3 Å². The van der Waals surface area contributed by atoms with Gasteiger partial charge in [0.25, 0.3) is 0 Å². The second-order valence-electron chi connectivity index (χ2n) is 4.20. The van der Waals surface area contributed by atoms with Crippen molar-refractivity contribution in [2.75, 3.05) is 13.2 Å². The molecule has 0 aromatic carbocycles. The second-order valence-corrected chi connectivity index (χ2v) is 4.20. The molecule has 0 bridgehead atoms. The highest BCUT2D eigenvalue weighted by molar-refractivity contribution is 5.03. The van der Waals surface area contributed by atoms with E-state index >= 15 is 0 Å². The molecule has 0 radical (unpaired) electrons. The molecule has 78 valence electrons. The lowest BCUT2D eigenvalue weighted by molar-refractivity contribution is 0.0206. The van der Waals surface area contributed by atoms with E-state index in [0.717, 1.165) is 19.7 Å². The number of nitrogens with one attached hydrogen (secondary N) is 2. The summed E-state index contributed by atoms with van der Waals surface area (Å²) in [5, 5.41) is 3.41. The molecule has 1 fully saturated rings. The first-order valence-electron chi connectivity index (χ1n) is 5.25. The Morgan fingerprint density at radius 3 is 3.21 bits per heavy atom. The molecule has 0 saturated carbocycles. The monoisotopic (exact) mass is 194 g/mol. The van der Waals surface area contributed by atoms with E-state index in [9.17, 15) is 0 Å². The first-order chi connectivity index (χ1) is 6.79. The van der Waals surface area contributed by atoms with Crippen LogP contribution in [0.2, 0.25) is 0 Å². The van der Waals surface area contributed by atoms with Crippen LogP contribution in [0.3, 0.4) is 0 Å². The Kier molecular flexibility index (Phi) is 2.89. The second kappa shape index (κ2) is 4.15. The highest BCUT2D eigenvalue weighted by Crippen LogP contribution is 2.23. The first kappa shape index (κ1) is 9.74. The van der Waals surface area contributed by atoms with Crippen LogP contribution in [0.5, 0.6) is 0 Å². The maximum atomic E-state index is 5.69. The Morgan fingerprint density at radius 1 is 1.64 bits per heavy atom. The molecule has 1 atom stereocenters. The summed E-state index contributed by atoms with van der Waals surface area (Å²) < 4.78 is 5.69. The van der Waals surface area contributed by atoms with Gasteiger partial charge in [0, 0.05) is 31.6 Å². The van der Waals surface area contributed by atoms with E-state index in [-0.39, 0.29) is 5.60 Å². The van der Waals surface area contributed by atoms with Crippen molar-refractivity contribution in [1.29, 1.82) is 0 Å². The largest absolute Gasteiger partial charge is 0.374 e. The number of aromatic nitrogens is 1. The number of hydrogen-bond acceptors (Lipinski definition) is 2. The normalized spacial score (nSPS) is 26.9. The topological polar surface area (TPSA) is 37.0 Å². The van der Waals surface area contributed by atoms with E-state index in [1.54, 1.807) is 0 Å². The number of aromatic amines is 1. The van der Waals surface area contributed by atoms with Gasteiger partial charge in [-0.25, -0.2) is 0 Å². The quantitative estimate of drug-likeness (QED) is 0.765.